The van der Waals surface area contributed by atoms with Gasteiger partial charge in [-0.05, 0) is 18.1 Å². The number of rotatable bonds is 8. The zero-order valence-corrected chi connectivity index (χ0v) is 19.4. The topological polar surface area (TPSA) is 61.8 Å². The molecule has 184 valence electrons. The van der Waals surface area contributed by atoms with Crippen molar-refractivity contribution in [2.24, 2.45) is 0 Å². The molecule has 0 radical (unpaired) electrons. The van der Waals surface area contributed by atoms with Crippen LogP contribution in [0.5, 0.6) is 0 Å². The fraction of sp³-hybridized carbons (Fsp3) is 0.259. The van der Waals surface area contributed by atoms with Crippen LogP contribution >= 0.6 is 0 Å². The summed E-state index contributed by atoms with van der Waals surface area (Å²) in [5.41, 5.74) is -4.28. The number of esters is 2. The molecule has 0 bridgehead atoms. The molecule has 0 aliphatic rings. The highest BCUT2D eigenvalue weighted by Crippen LogP contribution is 2.45. The molecule has 0 aromatic heterocycles. The molecule has 0 amide bonds. The van der Waals surface area contributed by atoms with Crippen LogP contribution < -0.4 is 0 Å². The van der Waals surface area contributed by atoms with Crippen LogP contribution in [0.25, 0.3) is 0 Å². The van der Waals surface area contributed by atoms with E-state index >= 15 is 0 Å². The van der Waals surface area contributed by atoms with Crippen LogP contribution in [0.2, 0.25) is 0 Å². The van der Waals surface area contributed by atoms with Gasteiger partial charge in [-0.25, -0.2) is 9.59 Å². The summed E-state index contributed by atoms with van der Waals surface area (Å²) in [6.45, 7) is 1.61. The number of alkyl halides is 3. The van der Waals surface area contributed by atoms with Crippen molar-refractivity contribution in [3.05, 3.63) is 108 Å². The fourth-order valence-corrected chi connectivity index (χ4v) is 4.12. The van der Waals surface area contributed by atoms with Crippen LogP contribution in [0.1, 0.15) is 23.6 Å². The molecule has 0 spiro atoms. The van der Waals surface area contributed by atoms with Gasteiger partial charge in [0.05, 0.1) is 12.5 Å². The second-order valence-corrected chi connectivity index (χ2v) is 7.99. The average molecular weight is 486 g/mol. The van der Waals surface area contributed by atoms with E-state index in [9.17, 15) is 22.8 Å². The van der Waals surface area contributed by atoms with Gasteiger partial charge < -0.3 is 14.2 Å². The van der Waals surface area contributed by atoms with E-state index in [4.69, 9.17) is 14.2 Å². The summed E-state index contributed by atoms with van der Waals surface area (Å²) in [5, 5.41) is 0. The second-order valence-electron chi connectivity index (χ2n) is 7.99. The number of carbonyl (C=O) groups excluding carboxylic acids is 2. The summed E-state index contributed by atoms with van der Waals surface area (Å²) in [6, 6.07) is 23.6. The van der Waals surface area contributed by atoms with Crippen LogP contribution in [0, 0.1) is 0 Å². The minimum absolute atomic E-state index is 0.482. The molecule has 0 saturated heterocycles. The van der Waals surface area contributed by atoms with Gasteiger partial charge in [0.2, 0.25) is 6.10 Å². The van der Waals surface area contributed by atoms with Crippen molar-refractivity contribution in [2.75, 3.05) is 14.2 Å². The number of methoxy groups -OCH3 is 2. The van der Waals surface area contributed by atoms with Crippen LogP contribution in [0.4, 0.5) is 13.2 Å². The van der Waals surface area contributed by atoms with E-state index in [1.54, 1.807) is 67.6 Å². The summed E-state index contributed by atoms with van der Waals surface area (Å²) >= 11 is 0. The number of hydrogen-bond donors (Lipinski definition) is 0. The average Bonchev–Trinajstić information content (AvgIpc) is 2.88. The number of halogens is 3. The summed E-state index contributed by atoms with van der Waals surface area (Å²) in [7, 11) is 1.84. The van der Waals surface area contributed by atoms with Crippen LogP contribution in [0.3, 0.4) is 0 Å². The van der Waals surface area contributed by atoms with Crippen molar-refractivity contribution in [1.29, 1.82) is 0 Å². The predicted molar refractivity (Wildman–Crippen MR) is 122 cm³/mol. The van der Waals surface area contributed by atoms with Gasteiger partial charge in [0.25, 0.3) is 5.60 Å². The third kappa shape index (κ3) is 4.66. The molecule has 2 atom stereocenters. The Kier molecular flexibility index (Phi) is 7.65. The lowest BCUT2D eigenvalue weighted by Crippen LogP contribution is -2.55. The second kappa shape index (κ2) is 10.3. The van der Waals surface area contributed by atoms with Gasteiger partial charge in [-0.15, -0.1) is 0 Å². The van der Waals surface area contributed by atoms with Gasteiger partial charge in [-0.3, -0.25) is 0 Å². The normalized spacial score (nSPS) is 14.5. The molecule has 0 aliphatic carbocycles. The zero-order chi connectivity index (χ0) is 25.7. The Morgan fingerprint density at radius 1 is 0.714 bits per heavy atom. The Morgan fingerprint density at radius 3 is 1.46 bits per heavy atom. The van der Waals surface area contributed by atoms with Gasteiger partial charge >= 0.3 is 18.1 Å². The molecule has 3 aromatic carbocycles. The molecule has 0 aliphatic heterocycles. The highest BCUT2D eigenvalue weighted by molar-refractivity contribution is 5.87. The van der Waals surface area contributed by atoms with E-state index in [1.807, 2.05) is 0 Å². The third-order valence-electron chi connectivity index (χ3n) is 6.08. The molecule has 0 unspecified atom stereocenters. The van der Waals surface area contributed by atoms with Gasteiger partial charge in [0.15, 0.2) is 0 Å². The van der Waals surface area contributed by atoms with Crippen molar-refractivity contribution in [1.82, 2.24) is 0 Å². The van der Waals surface area contributed by atoms with Crippen LogP contribution in [0.15, 0.2) is 91.0 Å². The molecular weight excluding hydrogens is 461 g/mol. The highest BCUT2D eigenvalue weighted by atomic mass is 19.4. The van der Waals surface area contributed by atoms with Gasteiger partial charge in [-0.1, -0.05) is 91.0 Å². The van der Waals surface area contributed by atoms with Gasteiger partial charge in [-0.2, -0.15) is 13.2 Å². The maximum Gasteiger partial charge on any atom is 0.432 e. The molecule has 35 heavy (non-hydrogen) atoms. The molecule has 0 heterocycles. The summed E-state index contributed by atoms with van der Waals surface area (Å²) in [4.78, 5) is 26.4. The minimum Gasteiger partial charge on any atom is -0.466 e. The van der Waals surface area contributed by atoms with E-state index in [0.29, 0.717) is 11.1 Å². The Morgan fingerprint density at radius 2 is 1.11 bits per heavy atom. The van der Waals surface area contributed by atoms with E-state index in [1.165, 1.54) is 18.2 Å². The Bertz CT molecular complexity index is 1090. The SMILES string of the molecule is COC(=O)[C@H](OC(=O)[C@](OC)(c1ccccc1)C(F)(F)F)C(C)(c1ccccc1)c1ccccc1. The summed E-state index contributed by atoms with van der Waals surface area (Å²) < 4.78 is 58.5. The number of hydrogen-bond acceptors (Lipinski definition) is 5. The maximum atomic E-state index is 14.4. The molecular formula is C27H25F3O5. The molecule has 8 heteroatoms. The first-order valence-corrected chi connectivity index (χ1v) is 10.7. The monoisotopic (exact) mass is 486 g/mol. The third-order valence-corrected chi connectivity index (χ3v) is 6.08. The molecule has 0 fully saturated rings. The quantitative estimate of drug-likeness (QED) is 0.411. The highest BCUT2D eigenvalue weighted by Gasteiger charge is 2.65. The number of carbonyl (C=O) groups is 2. The van der Waals surface area contributed by atoms with Gasteiger partial charge in [0.1, 0.15) is 0 Å². The Labute approximate surface area is 201 Å². The van der Waals surface area contributed by atoms with E-state index in [-0.39, 0.29) is 0 Å². The minimum atomic E-state index is -5.20. The summed E-state index contributed by atoms with van der Waals surface area (Å²) in [6.07, 6.45) is -6.97. The molecule has 0 N–H and O–H groups in total. The van der Waals surface area contributed by atoms with Crippen molar-refractivity contribution < 1.29 is 37.0 Å². The molecule has 3 rings (SSSR count). The first-order chi connectivity index (χ1) is 16.6. The number of ether oxygens (including phenoxy) is 3. The Hall–Kier alpha value is -3.65. The van der Waals surface area contributed by atoms with Gasteiger partial charge in [0, 0.05) is 12.7 Å². The fourth-order valence-electron chi connectivity index (χ4n) is 4.12. The molecule has 5 nitrogen and oxygen atoms in total. The zero-order valence-electron chi connectivity index (χ0n) is 19.4. The first kappa shape index (κ1) is 26.0. The first-order valence-electron chi connectivity index (χ1n) is 10.7. The standard InChI is InChI=1S/C27H25F3O5/c1-25(19-13-7-4-8-14-19,20-15-9-5-10-16-20)22(23(31)33-2)35-24(32)26(34-3,27(28,29)30)21-17-11-6-12-18-21/h4-18,22H,1-3H3/t22-,26+/m0/s1. The maximum absolute atomic E-state index is 14.4. The van der Waals surface area contributed by atoms with Crippen LogP contribution in [-0.4, -0.2) is 38.4 Å². The molecule has 0 saturated carbocycles. The van der Waals surface area contributed by atoms with Crippen molar-refractivity contribution in [3.63, 3.8) is 0 Å². The van der Waals surface area contributed by atoms with Crippen molar-refractivity contribution in [3.8, 4) is 0 Å². The Balaban J connectivity index is 2.21. The summed E-state index contributed by atoms with van der Waals surface area (Å²) in [5.74, 6) is -2.80. The van der Waals surface area contributed by atoms with E-state index < -0.39 is 40.8 Å². The van der Waals surface area contributed by atoms with E-state index in [2.05, 4.69) is 0 Å². The largest absolute Gasteiger partial charge is 0.466 e. The van der Waals surface area contributed by atoms with Crippen molar-refractivity contribution >= 4 is 11.9 Å². The smallest absolute Gasteiger partial charge is 0.432 e. The van der Waals surface area contributed by atoms with Crippen molar-refractivity contribution in [2.45, 2.75) is 30.2 Å². The van der Waals surface area contributed by atoms with E-state index in [0.717, 1.165) is 26.4 Å². The lowest BCUT2D eigenvalue weighted by molar-refractivity contribution is -0.279. The van der Waals surface area contributed by atoms with Crippen LogP contribution in [-0.2, 0) is 34.8 Å². The molecule has 3 aromatic rings. The number of benzene rings is 3. The predicted octanol–water partition coefficient (Wildman–Crippen LogP) is 5.18. The lowest BCUT2D eigenvalue weighted by atomic mass is 9.71. The lowest BCUT2D eigenvalue weighted by Gasteiger charge is -2.39.